The summed E-state index contributed by atoms with van der Waals surface area (Å²) in [5.74, 6) is -0.235. The number of amides is 2. The average molecular weight is 707 g/mol. The van der Waals surface area contributed by atoms with Crippen LogP contribution in [0.4, 0.5) is 5.69 Å². The SMILES string of the molecule is COc1ccc(S(=O)(=O)N(CC(=O)N(Cc2ccc(Br)cc2)[C@H](C)C(=O)NC2CCCCC2)c2ccc(Cl)cc2)cc1OC. The monoisotopic (exact) mass is 705 g/mol. The number of benzene rings is 3. The molecule has 236 valence electrons. The van der Waals surface area contributed by atoms with Crippen LogP contribution in [0.2, 0.25) is 5.02 Å². The normalized spacial score (nSPS) is 14.4. The van der Waals surface area contributed by atoms with Crippen molar-refractivity contribution in [3.05, 3.63) is 81.8 Å². The van der Waals surface area contributed by atoms with E-state index in [1.54, 1.807) is 19.1 Å². The number of rotatable bonds is 12. The molecule has 2 amide bonds. The van der Waals surface area contributed by atoms with Gasteiger partial charge in [0.05, 0.1) is 24.8 Å². The van der Waals surface area contributed by atoms with Crippen molar-refractivity contribution in [3.8, 4) is 11.5 Å². The van der Waals surface area contributed by atoms with Crippen molar-refractivity contribution in [1.82, 2.24) is 10.2 Å². The van der Waals surface area contributed by atoms with Gasteiger partial charge in [-0.3, -0.25) is 13.9 Å². The summed E-state index contributed by atoms with van der Waals surface area (Å²) in [5, 5.41) is 3.52. The fourth-order valence-corrected chi connectivity index (χ4v) is 7.00. The molecule has 12 heteroatoms. The fourth-order valence-electron chi connectivity index (χ4n) is 5.18. The quantitative estimate of drug-likeness (QED) is 0.241. The van der Waals surface area contributed by atoms with Gasteiger partial charge in [0, 0.05) is 28.1 Å². The molecule has 3 aromatic carbocycles. The van der Waals surface area contributed by atoms with E-state index in [4.69, 9.17) is 21.1 Å². The van der Waals surface area contributed by atoms with E-state index in [1.807, 2.05) is 24.3 Å². The second-order valence-electron chi connectivity index (χ2n) is 10.7. The molecule has 0 aliphatic heterocycles. The number of methoxy groups -OCH3 is 2. The van der Waals surface area contributed by atoms with Crippen LogP contribution in [-0.2, 0) is 26.2 Å². The molecule has 0 bridgehead atoms. The van der Waals surface area contributed by atoms with Crippen molar-refractivity contribution < 1.29 is 27.5 Å². The van der Waals surface area contributed by atoms with Crippen LogP contribution in [0, 0.1) is 0 Å². The number of hydrogen-bond acceptors (Lipinski definition) is 6. The number of sulfonamides is 1. The third-order valence-electron chi connectivity index (χ3n) is 7.72. The number of carbonyl (C=O) groups is 2. The maximum Gasteiger partial charge on any atom is 0.264 e. The zero-order valence-corrected chi connectivity index (χ0v) is 28.1. The van der Waals surface area contributed by atoms with Crippen LogP contribution in [0.3, 0.4) is 0 Å². The van der Waals surface area contributed by atoms with Crippen LogP contribution in [0.1, 0.15) is 44.6 Å². The molecule has 9 nitrogen and oxygen atoms in total. The van der Waals surface area contributed by atoms with Gasteiger partial charge in [-0.15, -0.1) is 0 Å². The highest BCUT2D eigenvalue weighted by Crippen LogP contribution is 2.33. The Kier molecular flexibility index (Phi) is 11.6. The zero-order chi connectivity index (χ0) is 31.9. The van der Waals surface area contributed by atoms with E-state index < -0.39 is 28.5 Å². The lowest BCUT2D eigenvalue weighted by Gasteiger charge is -2.33. The Morgan fingerprint density at radius 2 is 1.59 bits per heavy atom. The third kappa shape index (κ3) is 8.25. The molecule has 0 heterocycles. The van der Waals surface area contributed by atoms with E-state index in [0.717, 1.165) is 46.4 Å². The van der Waals surface area contributed by atoms with Gasteiger partial charge in [0.2, 0.25) is 11.8 Å². The molecule has 3 aromatic rings. The van der Waals surface area contributed by atoms with Gasteiger partial charge in [0.25, 0.3) is 10.0 Å². The molecule has 0 aromatic heterocycles. The largest absolute Gasteiger partial charge is 0.493 e. The van der Waals surface area contributed by atoms with Gasteiger partial charge in [-0.2, -0.15) is 0 Å². The number of anilines is 1. The molecule has 1 fully saturated rings. The molecule has 0 spiro atoms. The van der Waals surface area contributed by atoms with E-state index in [0.29, 0.717) is 10.8 Å². The van der Waals surface area contributed by atoms with Gasteiger partial charge < -0.3 is 19.7 Å². The van der Waals surface area contributed by atoms with Crippen LogP contribution in [0.5, 0.6) is 11.5 Å². The van der Waals surface area contributed by atoms with Crippen molar-refractivity contribution in [3.63, 3.8) is 0 Å². The maximum atomic E-state index is 14.2. The summed E-state index contributed by atoms with van der Waals surface area (Å²) < 4.78 is 40.8. The Hall–Kier alpha value is -3.28. The van der Waals surface area contributed by atoms with Gasteiger partial charge in [0.1, 0.15) is 12.6 Å². The minimum absolute atomic E-state index is 0.0549. The average Bonchev–Trinajstić information content (AvgIpc) is 3.03. The Bertz CT molecular complexity index is 1550. The predicted molar refractivity (Wildman–Crippen MR) is 175 cm³/mol. The second-order valence-corrected chi connectivity index (χ2v) is 13.9. The number of carbonyl (C=O) groups excluding carboxylic acids is 2. The lowest BCUT2D eigenvalue weighted by molar-refractivity contribution is -0.139. The molecule has 1 aliphatic carbocycles. The van der Waals surface area contributed by atoms with E-state index >= 15 is 0 Å². The van der Waals surface area contributed by atoms with Gasteiger partial charge in [-0.05, 0) is 73.9 Å². The third-order valence-corrected chi connectivity index (χ3v) is 10.3. The van der Waals surface area contributed by atoms with Gasteiger partial charge >= 0.3 is 0 Å². The lowest BCUT2D eigenvalue weighted by atomic mass is 9.95. The second kappa shape index (κ2) is 15.1. The fraction of sp³-hybridized carbons (Fsp3) is 0.375. The summed E-state index contributed by atoms with van der Waals surface area (Å²) in [6.45, 7) is 1.22. The first-order valence-electron chi connectivity index (χ1n) is 14.4. The topological polar surface area (TPSA) is 105 Å². The van der Waals surface area contributed by atoms with Crippen LogP contribution in [0.25, 0.3) is 0 Å². The molecule has 4 rings (SSSR count). The highest BCUT2D eigenvalue weighted by molar-refractivity contribution is 9.10. The first-order chi connectivity index (χ1) is 21.0. The van der Waals surface area contributed by atoms with E-state index in [1.165, 1.54) is 49.5 Å². The molecule has 1 saturated carbocycles. The first kappa shape index (κ1) is 33.6. The summed E-state index contributed by atoms with van der Waals surface area (Å²) in [6.07, 6.45) is 5.03. The van der Waals surface area contributed by atoms with Crippen molar-refractivity contribution >= 4 is 55.1 Å². The zero-order valence-electron chi connectivity index (χ0n) is 25.0. The Morgan fingerprint density at radius 1 is 0.955 bits per heavy atom. The van der Waals surface area contributed by atoms with E-state index in [2.05, 4.69) is 21.2 Å². The number of nitrogens with zero attached hydrogens (tertiary/aromatic N) is 2. The van der Waals surface area contributed by atoms with Gasteiger partial charge in [-0.25, -0.2) is 8.42 Å². The highest BCUT2D eigenvalue weighted by atomic mass is 79.9. The maximum absolute atomic E-state index is 14.2. The smallest absolute Gasteiger partial charge is 0.264 e. The molecular weight excluding hydrogens is 670 g/mol. The molecule has 1 N–H and O–H groups in total. The van der Waals surface area contributed by atoms with Crippen molar-refractivity contribution in [1.29, 1.82) is 0 Å². The number of hydrogen-bond donors (Lipinski definition) is 1. The summed E-state index contributed by atoms with van der Waals surface area (Å²) in [4.78, 5) is 29.0. The van der Waals surface area contributed by atoms with E-state index in [9.17, 15) is 18.0 Å². The number of nitrogens with one attached hydrogen (secondary N) is 1. The first-order valence-corrected chi connectivity index (χ1v) is 17.0. The Balaban J connectivity index is 1.70. The molecule has 1 aliphatic rings. The number of ether oxygens (including phenoxy) is 2. The minimum atomic E-state index is -4.30. The lowest BCUT2D eigenvalue weighted by Crippen LogP contribution is -2.53. The van der Waals surface area contributed by atoms with Crippen molar-refractivity contribution in [2.24, 2.45) is 0 Å². The van der Waals surface area contributed by atoms with Crippen molar-refractivity contribution in [2.45, 2.75) is 62.6 Å². The summed E-state index contributed by atoms with van der Waals surface area (Å²) in [6, 6.07) is 17.0. The minimum Gasteiger partial charge on any atom is -0.493 e. The summed E-state index contributed by atoms with van der Waals surface area (Å²) >= 11 is 9.54. The summed E-state index contributed by atoms with van der Waals surface area (Å²) in [5.41, 5.74) is 1.03. The standard InChI is InChI=1S/C32H37BrClN3O6S/c1-22(32(39)35-26-7-5-4-6-8-26)36(20-23-9-11-24(33)12-10-23)31(38)21-37(27-15-13-25(34)14-16-27)44(40,41)28-17-18-29(42-2)30(19-28)43-3/h9-19,22,26H,4-8,20-21H2,1-3H3,(H,35,39)/t22-/m1/s1. The van der Waals surface area contributed by atoms with Gasteiger partial charge in [0.15, 0.2) is 11.5 Å². The molecule has 0 saturated heterocycles. The molecule has 1 atom stereocenters. The highest BCUT2D eigenvalue weighted by Gasteiger charge is 2.33. The Morgan fingerprint density at radius 3 is 2.20 bits per heavy atom. The van der Waals surface area contributed by atoms with E-state index in [-0.39, 0.29) is 34.8 Å². The Labute approximate surface area is 272 Å². The molecule has 0 radical (unpaired) electrons. The molecule has 44 heavy (non-hydrogen) atoms. The predicted octanol–water partition coefficient (Wildman–Crippen LogP) is 6.18. The van der Waals surface area contributed by atoms with Crippen LogP contribution in [-0.4, -0.2) is 58.0 Å². The number of halogens is 2. The van der Waals surface area contributed by atoms with Crippen molar-refractivity contribution in [2.75, 3.05) is 25.1 Å². The van der Waals surface area contributed by atoms with Crippen LogP contribution < -0.4 is 19.1 Å². The van der Waals surface area contributed by atoms with Gasteiger partial charge in [-0.1, -0.05) is 58.9 Å². The molecular formula is C32H37BrClN3O6S. The van der Waals surface area contributed by atoms with Crippen LogP contribution >= 0.6 is 27.5 Å². The molecule has 0 unspecified atom stereocenters. The summed E-state index contributed by atoms with van der Waals surface area (Å²) in [7, 11) is -1.43. The van der Waals surface area contributed by atoms with Crippen LogP contribution in [0.15, 0.2) is 76.1 Å².